The highest BCUT2D eigenvalue weighted by Gasteiger charge is 2.27. The van der Waals surface area contributed by atoms with Crippen molar-refractivity contribution in [2.24, 2.45) is 14.1 Å². The van der Waals surface area contributed by atoms with Crippen LogP contribution in [0.3, 0.4) is 0 Å². The van der Waals surface area contributed by atoms with Crippen molar-refractivity contribution in [3.63, 3.8) is 0 Å². The van der Waals surface area contributed by atoms with Gasteiger partial charge in [-0.1, -0.05) is 25.7 Å². The van der Waals surface area contributed by atoms with Gasteiger partial charge in [-0.2, -0.15) is 0 Å². The summed E-state index contributed by atoms with van der Waals surface area (Å²) in [6.45, 7) is 1.37. The van der Waals surface area contributed by atoms with Crippen LogP contribution < -0.4 is 16.6 Å². The summed E-state index contributed by atoms with van der Waals surface area (Å²) in [6, 6.07) is 0.551. The van der Waals surface area contributed by atoms with Gasteiger partial charge >= 0.3 is 5.69 Å². The van der Waals surface area contributed by atoms with Crippen molar-refractivity contribution in [1.29, 1.82) is 0 Å². The van der Waals surface area contributed by atoms with E-state index in [0.717, 1.165) is 12.2 Å². The largest absolute Gasteiger partial charge is 0.358 e. The lowest BCUT2D eigenvalue weighted by Gasteiger charge is -2.36. The Morgan fingerprint density at radius 1 is 1.00 bits per heavy atom. The Balaban J connectivity index is 1.92. The molecule has 1 fully saturated rings. The highest BCUT2D eigenvalue weighted by molar-refractivity contribution is 5.45. The molecule has 2 aliphatic rings. The molecular formula is C15H24N4O2. The number of hydrogen-bond donors (Lipinski definition) is 1. The summed E-state index contributed by atoms with van der Waals surface area (Å²) in [7, 11) is 3.27. The summed E-state index contributed by atoms with van der Waals surface area (Å²) in [5, 5.41) is 3.28. The third-order valence-corrected chi connectivity index (χ3v) is 4.91. The molecule has 1 aromatic heterocycles. The van der Waals surface area contributed by atoms with Crippen LogP contribution in [0.15, 0.2) is 9.59 Å². The second kappa shape index (κ2) is 5.67. The fraction of sp³-hybridized carbons (Fsp3) is 0.733. The molecule has 0 atom stereocenters. The Morgan fingerprint density at radius 2 is 1.67 bits per heavy atom. The molecule has 6 heteroatoms. The van der Waals surface area contributed by atoms with Gasteiger partial charge in [-0.3, -0.25) is 18.8 Å². The molecule has 1 aliphatic carbocycles. The molecule has 0 spiro atoms. The van der Waals surface area contributed by atoms with E-state index in [2.05, 4.69) is 10.2 Å². The summed E-state index contributed by atoms with van der Waals surface area (Å²) in [5.41, 5.74) is 0.281. The number of anilines is 1. The lowest BCUT2D eigenvalue weighted by atomic mass is 10.1. The molecule has 116 valence electrons. The Morgan fingerprint density at radius 3 is 2.33 bits per heavy atom. The van der Waals surface area contributed by atoms with Crippen LogP contribution in [0.2, 0.25) is 0 Å². The summed E-state index contributed by atoms with van der Waals surface area (Å²) >= 11 is 0. The average molecular weight is 292 g/mol. The molecule has 2 heterocycles. The number of nitrogens with zero attached hydrogens (tertiary/aromatic N) is 3. The third kappa shape index (κ3) is 2.52. The molecule has 0 amide bonds. The van der Waals surface area contributed by atoms with E-state index in [1.165, 1.54) is 43.1 Å². The smallest absolute Gasteiger partial charge is 0.332 e. The molecule has 6 nitrogen and oxygen atoms in total. The molecule has 0 unspecified atom stereocenters. The van der Waals surface area contributed by atoms with Gasteiger partial charge in [0.05, 0.1) is 12.2 Å². The van der Waals surface area contributed by atoms with E-state index in [0.29, 0.717) is 18.4 Å². The van der Waals surface area contributed by atoms with Crippen LogP contribution in [-0.2, 0) is 20.6 Å². The zero-order valence-corrected chi connectivity index (χ0v) is 12.9. The van der Waals surface area contributed by atoms with Gasteiger partial charge in [-0.15, -0.1) is 0 Å². The molecular weight excluding hydrogens is 268 g/mol. The number of hydrogen-bond acceptors (Lipinski definition) is 4. The van der Waals surface area contributed by atoms with Gasteiger partial charge in [0.2, 0.25) is 0 Å². The predicted octanol–water partition coefficient (Wildman–Crippen LogP) is 0.992. The highest BCUT2D eigenvalue weighted by atomic mass is 16.2. The van der Waals surface area contributed by atoms with Crippen molar-refractivity contribution in [2.45, 2.75) is 51.1 Å². The van der Waals surface area contributed by atoms with Gasteiger partial charge < -0.3 is 5.32 Å². The minimum absolute atomic E-state index is 0.168. The Hall–Kier alpha value is -1.56. The second-order valence-electron chi connectivity index (χ2n) is 6.26. The fourth-order valence-electron chi connectivity index (χ4n) is 3.60. The standard InChI is InChI=1S/C15H24N4O2/c1-17-13-12(14(20)18(2)15(17)21)9-19(10-16-13)11-7-5-3-4-6-8-11/h11,16H,3-10H2,1-2H3. The van der Waals surface area contributed by atoms with E-state index >= 15 is 0 Å². The summed E-state index contributed by atoms with van der Waals surface area (Å²) in [6.07, 6.45) is 7.63. The predicted molar refractivity (Wildman–Crippen MR) is 82.4 cm³/mol. The lowest BCUT2D eigenvalue weighted by Crippen LogP contribution is -2.48. The molecule has 1 saturated carbocycles. The minimum atomic E-state index is -0.269. The number of rotatable bonds is 1. The Kier molecular flexibility index (Phi) is 3.89. The molecule has 3 rings (SSSR count). The van der Waals surface area contributed by atoms with Crippen LogP contribution >= 0.6 is 0 Å². The van der Waals surface area contributed by atoms with Crippen LogP contribution in [-0.4, -0.2) is 26.7 Å². The normalized spacial score (nSPS) is 20.7. The minimum Gasteiger partial charge on any atom is -0.358 e. The molecule has 1 aliphatic heterocycles. The van der Waals surface area contributed by atoms with E-state index in [9.17, 15) is 9.59 Å². The zero-order valence-electron chi connectivity index (χ0n) is 12.9. The van der Waals surface area contributed by atoms with Crippen LogP contribution in [0, 0.1) is 0 Å². The SMILES string of the molecule is Cn1c2c(c(=O)n(C)c1=O)CN(C1CCCCCC1)CN2. The third-order valence-electron chi connectivity index (χ3n) is 4.91. The first-order chi connectivity index (χ1) is 10.1. The second-order valence-corrected chi connectivity index (χ2v) is 6.26. The van der Waals surface area contributed by atoms with E-state index < -0.39 is 0 Å². The molecule has 0 bridgehead atoms. The zero-order chi connectivity index (χ0) is 15.0. The molecule has 0 radical (unpaired) electrons. The van der Waals surface area contributed by atoms with Crippen LogP contribution in [0.25, 0.3) is 0 Å². The maximum Gasteiger partial charge on any atom is 0.332 e. The molecule has 0 saturated heterocycles. The maximum absolute atomic E-state index is 12.4. The van der Waals surface area contributed by atoms with Crippen LogP contribution in [0.4, 0.5) is 5.82 Å². The van der Waals surface area contributed by atoms with Crippen molar-refractivity contribution in [2.75, 3.05) is 12.0 Å². The van der Waals surface area contributed by atoms with Gasteiger partial charge in [0.25, 0.3) is 5.56 Å². The number of aromatic nitrogens is 2. The monoisotopic (exact) mass is 292 g/mol. The maximum atomic E-state index is 12.4. The van der Waals surface area contributed by atoms with E-state index in [-0.39, 0.29) is 11.2 Å². The van der Waals surface area contributed by atoms with Crippen molar-refractivity contribution in [1.82, 2.24) is 14.0 Å². The summed E-state index contributed by atoms with van der Waals surface area (Å²) < 4.78 is 2.75. The van der Waals surface area contributed by atoms with Gasteiger partial charge in [0.15, 0.2) is 0 Å². The van der Waals surface area contributed by atoms with E-state index in [4.69, 9.17) is 0 Å². The van der Waals surface area contributed by atoms with Crippen molar-refractivity contribution >= 4 is 5.82 Å². The Labute approximate surface area is 124 Å². The van der Waals surface area contributed by atoms with Gasteiger partial charge in [0, 0.05) is 26.7 Å². The van der Waals surface area contributed by atoms with Gasteiger partial charge in [0.1, 0.15) is 5.82 Å². The first kappa shape index (κ1) is 14.4. The molecule has 1 aromatic rings. The van der Waals surface area contributed by atoms with Crippen molar-refractivity contribution < 1.29 is 0 Å². The fourth-order valence-corrected chi connectivity index (χ4v) is 3.60. The summed E-state index contributed by atoms with van der Waals surface area (Å²) in [4.78, 5) is 26.7. The van der Waals surface area contributed by atoms with E-state index in [1.807, 2.05) is 0 Å². The van der Waals surface area contributed by atoms with E-state index in [1.54, 1.807) is 18.7 Å². The first-order valence-electron chi connectivity index (χ1n) is 7.86. The molecule has 1 N–H and O–H groups in total. The topological polar surface area (TPSA) is 59.3 Å². The van der Waals surface area contributed by atoms with Crippen LogP contribution in [0.5, 0.6) is 0 Å². The lowest BCUT2D eigenvalue weighted by molar-refractivity contribution is 0.174. The average Bonchev–Trinajstić information content (AvgIpc) is 2.79. The van der Waals surface area contributed by atoms with Gasteiger partial charge in [-0.05, 0) is 12.8 Å². The summed E-state index contributed by atoms with van der Waals surface area (Å²) in [5.74, 6) is 0.688. The number of fused-ring (bicyclic) bond motifs is 1. The molecule has 0 aromatic carbocycles. The molecule has 21 heavy (non-hydrogen) atoms. The van der Waals surface area contributed by atoms with Crippen molar-refractivity contribution in [3.05, 3.63) is 26.4 Å². The quantitative estimate of drug-likeness (QED) is 0.784. The van der Waals surface area contributed by atoms with Crippen molar-refractivity contribution in [3.8, 4) is 0 Å². The highest BCUT2D eigenvalue weighted by Crippen LogP contribution is 2.26. The van der Waals surface area contributed by atoms with Gasteiger partial charge in [-0.25, -0.2) is 4.79 Å². The Bertz CT molecular complexity index is 638. The van der Waals surface area contributed by atoms with Crippen LogP contribution in [0.1, 0.15) is 44.1 Å². The first-order valence-corrected chi connectivity index (χ1v) is 7.86. The number of nitrogens with one attached hydrogen (secondary N) is 1.